The summed E-state index contributed by atoms with van der Waals surface area (Å²) in [5.74, 6) is 0.933. The highest BCUT2D eigenvalue weighted by Crippen LogP contribution is 2.29. The van der Waals surface area contributed by atoms with Gasteiger partial charge >= 0.3 is 0 Å². The normalized spacial score (nSPS) is 12.2. The maximum atomic E-state index is 5.48. The van der Waals surface area contributed by atoms with Gasteiger partial charge in [0, 0.05) is 4.83 Å². The average Bonchev–Trinajstić information content (AvgIpc) is 2.44. The highest BCUT2D eigenvalue weighted by molar-refractivity contribution is 9.09. The van der Waals surface area contributed by atoms with E-state index in [1.165, 1.54) is 22.3 Å². The van der Waals surface area contributed by atoms with Crippen LogP contribution in [0.15, 0.2) is 42.5 Å². The Morgan fingerprint density at radius 2 is 1.75 bits per heavy atom. The number of alkyl halides is 1. The molecule has 0 fully saturated rings. The summed E-state index contributed by atoms with van der Waals surface area (Å²) in [5.41, 5.74) is 5.36. The van der Waals surface area contributed by atoms with Crippen molar-refractivity contribution in [1.29, 1.82) is 0 Å². The van der Waals surface area contributed by atoms with E-state index in [0.717, 1.165) is 12.2 Å². The third-order valence-electron chi connectivity index (χ3n) is 3.46. The quantitative estimate of drug-likeness (QED) is 0.668. The zero-order valence-electron chi connectivity index (χ0n) is 12.3. The van der Waals surface area contributed by atoms with Gasteiger partial charge in [-0.1, -0.05) is 51.8 Å². The van der Waals surface area contributed by atoms with Gasteiger partial charge in [-0.2, -0.15) is 0 Å². The first kappa shape index (κ1) is 15.1. The number of hydrogen-bond donors (Lipinski definition) is 0. The molecule has 2 heteroatoms. The maximum Gasteiger partial charge on any atom is 0.119 e. The lowest BCUT2D eigenvalue weighted by molar-refractivity contribution is 0.340. The van der Waals surface area contributed by atoms with Crippen molar-refractivity contribution in [2.75, 3.05) is 6.61 Å². The molecule has 0 spiro atoms. The summed E-state index contributed by atoms with van der Waals surface area (Å²) in [4.78, 5) is 0.332. The van der Waals surface area contributed by atoms with Gasteiger partial charge in [0.2, 0.25) is 0 Å². The third kappa shape index (κ3) is 3.86. The molecule has 2 aromatic carbocycles. The van der Waals surface area contributed by atoms with Crippen LogP contribution >= 0.6 is 15.9 Å². The average molecular weight is 333 g/mol. The van der Waals surface area contributed by atoms with Crippen molar-refractivity contribution in [3.05, 3.63) is 64.7 Å². The Kier molecular flexibility index (Phi) is 5.24. The molecular formula is C18H21BrO. The van der Waals surface area contributed by atoms with E-state index in [1.807, 2.05) is 19.1 Å². The minimum atomic E-state index is 0.332. The van der Waals surface area contributed by atoms with Crippen LogP contribution in [0.4, 0.5) is 0 Å². The van der Waals surface area contributed by atoms with E-state index in [2.05, 4.69) is 60.1 Å². The summed E-state index contributed by atoms with van der Waals surface area (Å²) in [5, 5.41) is 0. The predicted molar refractivity (Wildman–Crippen MR) is 88.9 cm³/mol. The van der Waals surface area contributed by atoms with Crippen molar-refractivity contribution in [1.82, 2.24) is 0 Å². The van der Waals surface area contributed by atoms with E-state index in [9.17, 15) is 0 Å². The van der Waals surface area contributed by atoms with Crippen molar-refractivity contribution in [3.63, 3.8) is 0 Å². The van der Waals surface area contributed by atoms with Gasteiger partial charge in [0.05, 0.1) is 6.61 Å². The number of ether oxygens (including phenoxy) is 1. The summed E-state index contributed by atoms with van der Waals surface area (Å²) in [7, 11) is 0. The smallest absolute Gasteiger partial charge is 0.119 e. The molecule has 106 valence electrons. The molecule has 0 heterocycles. The summed E-state index contributed by atoms with van der Waals surface area (Å²) in [6.07, 6.45) is 1.00. The Morgan fingerprint density at radius 3 is 2.40 bits per heavy atom. The van der Waals surface area contributed by atoms with Crippen molar-refractivity contribution in [2.45, 2.75) is 32.0 Å². The number of aryl methyl sites for hydroxylation is 2. The van der Waals surface area contributed by atoms with Gasteiger partial charge in [-0.05, 0) is 56.0 Å². The van der Waals surface area contributed by atoms with Crippen LogP contribution in [0, 0.1) is 13.8 Å². The summed E-state index contributed by atoms with van der Waals surface area (Å²) >= 11 is 3.80. The molecule has 0 radical (unpaired) electrons. The second-order valence-corrected chi connectivity index (χ2v) is 6.21. The molecule has 0 N–H and O–H groups in total. The van der Waals surface area contributed by atoms with Crippen LogP contribution in [0.1, 0.15) is 34.0 Å². The van der Waals surface area contributed by atoms with E-state index in [-0.39, 0.29) is 0 Å². The molecule has 0 saturated carbocycles. The molecular weight excluding hydrogens is 312 g/mol. The Bertz CT molecular complexity index is 560. The van der Waals surface area contributed by atoms with Crippen molar-refractivity contribution < 1.29 is 4.74 Å². The van der Waals surface area contributed by atoms with Crippen molar-refractivity contribution in [2.24, 2.45) is 0 Å². The molecule has 0 aliphatic rings. The standard InChI is InChI=1S/C18H21BrO/c1-4-20-17-9-7-15(8-10-17)18(19)12-16-11-13(2)5-6-14(16)3/h5-11,18H,4,12H2,1-3H3. The molecule has 0 aliphatic heterocycles. The Hall–Kier alpha value is -1.28. The van der Waals surface area contributed by atoms with Gasteiger partial charge in [-0.25, -0.2) is 0 Å². The van der Waals surface area contributed by atoms with E-state index >= 15 is 0 Å². The number of rotatable bonds is 5. The lowest BCUT2D eigenvalue weighted by Gasteiger charge is -2.14. The van der Waals surface area contributed by atoms with Gasteiger partial charge in [0.1, 0.15) is 5.75 Å². The first-order chi connectivity index (χ1) is 9.60. The van der Waals surface area contributed by atoms with Crippen LogP contribution in [0.25, 0.3) is 0 Å². The van der Waals surface area contributed by atoms with E-state index in [4.69, 9.17) is 4.74 Å². The second-order valence-electron chi connectivity index (χ2n) is 5.10. The molecule has 20 heavy (non-hydrogen) atoms. The van der Waals surface area contributed by atoms with Crippen LogP contribution in [-0.4, -0.2) is 6.61 Å². The van der Waals surface area contributed by atoms with Gasteiger partial charge < -0.3 is 4.74 Å². The molecule has 0 aromatic heterocycles. The number of halogens is 1. The lowest BCUT2D eigenvalue weighted by atomic mass is 9.98. The number of hydrogen-bond acceptors (Lipinski definition) is 1. The minimum Gasteiger partial charge on any atom is -0.494 e. The second kappa shape index (κ2) is 6.94. The lowest BCUT2D eigenvalue weighted by Crippen LogP contribution is -1.99. The van der Waals surface area contributed by atoms with Crippen LogP contribution in [0.2, 0.25) is 0 Å². The molecule has 2 aromatic rings. The molecule has 0 aliphatic carbocycles. The van der Waals surface area contributed by atoms with Crippen LogP contribution in [-0.2, 0) is 6.42 Å². The number of benzene rings is 2. The van der Waals surface area contributed by atoms with Gasteiger partial charge in [0.25, 0.3) is 0 Å². The third-order valence-corrected chi connectivity index (χ3v) is 4.31. The largest absolute Gasteiger partial charge is 0.494 e. The molecule has 2 rings (SSSR count). The fourth-order valence-electron chi connectivity index (χ4n) is 2.27. The first-order valence-electron chi connectivity index (χ1n) is 7.03. The molecule has 0 bridgehead atoms. The van der Waals surface area contributed by atoms with Crippen LogP contribution in [0.5, 0.6) is 5.75 Å². The topological polar surface area (TPSA) is 9.23 Å². The van der Waals surface area contributed by atoms with Crippen LogP contribution in [0.3, 0.4) is 0 Å². The minimum absolute atomic E-state index is 0.332. The van der Waals surface area contributed by atoms with Gasteiger partial charge in [0.15, 0.2) is 0 Å². The Labute approximate surface area is 130 Å². The zero-order chi connectivity index (χ0) is 14.5. The molecule has 0 saturated heterocycles. The Morgan fingerprint density at radius 1 is 1.05 bits per heavy atom. The van der Waals surface area contributed by atoms with Crippen LogP contribution < -0.4 is 4.74 Å². The monoisotopic (exact) mass is 332 g/mol. The molecule has 0 amide bonds. The van der Waals surface area contributed by atoms with Crippen molar-refractivity contribution >= 4 is 15.9 Å². The predicted octanol–water partition coefficient (Wildman–Crippen LogP) is 5.38. The van der Waals surface area contributed by atoms with Gasteiger partial charge in [-0.15, -0.1) is 0 Å². The maximum absolute atomic E-state index is 5.48. The SMILES string of the molecule is CCOc1ccc(C(Br)Cc2cc(C)ccc2C)cc1. The Balaban J connectivity index is 2.11. The fraction of sp³-hybridized carbons (Fsp3) is 0.333. The zero-order valence-corrected chi connectivity index (χ0v) is 13.9. The van der Waals surface area contributed by atoms with Gasteiger partial charge in [-0.3, -0.25) is 0 Å². The van der Waals surface area contributed by atoms with E-state index in [0.29, 0.717) is 11.4 Å². The summed E-state index contributed by atoms with van der Waals surface area (Å²) < 4.78 is 5.48. The van der Waals surface area contributed by atoms with E-state index < -0.39 is 0 Å². The highest BCUT2D eigenvalue weighted by Gasteiger charge is 2.10. The summed E-state index contributed by atoms with van der Waals surface area (Å²) in [6.45, 7) is 7.02. The van der Waals surface area contributed by atoms with E-state index in [1.54, 1.807) is 0 Å². The van der Waals surface area contributed by atoms with Crippen molar-refractivity contribution in [3.8, 4) is 5.75 Å². The fourth-order valence-corrected chi connectivity index (χ4v) is 2.92. The first-order valence-corrected chi connectivity index (χ1v) is 7.94. The highest BCUT2D eigenvalue weighted by atomic mass is 79.9. The molecule has 1 unspecified atom stereocenters. The summed E-state index contributed by atoms with van der Waals surface area (Å²) in [6, 6.07) is 15.0. The molecule has 1 nitrogen and oxygen atoms in total. The molecule has 1 atom stereocenters.